The first-order chi connectivity index (χ1) is 9.42. The third-order valence-corrected chi connectivity index (χ3v) is 2.36. The average molecular weight is 280 g/mol. The van der Waals surface area contributed by atoms with E-state index in [1.165, 1.54) is 14.0 Å². The van der Waals surface area contributed by atoms with Crippen molar-refractivity contribution in [3.05, 3.63) is 18.2 Å². The number of rotatable bonds is 6. The van der Waals surface area contributed by atoms with Gasteiger partial charge in [0.2, 0.25) is 11.8 Å². The first-order valence-electron chi connectivity index (χ1n) is 5.89. The van der Waals surface area contributed by atoms with Gasteiger partial charge in [-0.15, -0.1) is 0 Å². The zero-order valence-electron chi connectivity index (χ0n) is 11.2. The molecule has 7 nitrogen and oxygen atoms in total. The van der Waals surface area contributed by atoms with Gasteiger partial charge in [0.1, 0.15) is 5.75 Å². The number of benzene rings is 1. The summed E-state index contributed by atoms with van der Waals surface area (Å²) in [6.07, 6.45) is -0.350. The summed E-state index contributed by atoms with van der Waals surface area (Å²) in [7, 11) is 1.46. The summed E-state index contributed by atoms with van der Waals surface area (Å²) in [5, 5.41) is 13.6. The number of aliphatic carboxylic acids is 1. The number of ether oxygens (including phenoxy) is 1. The van der Waals surface area contributed by atoms with Crippen molar-refractivity contribution < 1.29 is 24.2 Å². The highest BCUT2D eigenvalue weighted by atomic mass is 16.5. The third-order valence-electron chi connectivity index (χ3n) is 2.36. The molecule has 1 aromatic carbocycles. The average Bonchev–Trinajstić information content (AvgIpc) is 2.36. The molecule has 0 atom stereocenters. The maximum absolute atomic E-state index is 11.5. The van der Waals surface area contributed by atoms with Gasteiger partial charge in [-0.1, -0.05) is 0 Å². The molecule has 0 bridgehead atoms. The van der Waals surface area contributed by atoms with Crippen LogP contribution in [-0.4, -0.2) is 30.0 Å². The molecule has 0 saturated heterocycles. The number of hydrogen-bond acceptors (Lipinski definition) is 4. The van der Waals surface area contributed by atoms with Crippen LogP contribution in [0.5, 0.6) is 5.75 Å². The molecule has 0 heterocycles. The maximum Gasteiger partial charge on any atom is 0.303 e. The van der Waals surface area contributed by atoms with Crippen molar-refractivity contribution >= 4 is 29.2 Å². The van der Waals surface area contributed by atoms with Crippen molar-refractivity contribution in [2.45, 2.75) is 19.8 Å². The highest BCUT2D eigenvalue weighted by Gasteiger charge is 2.09. The van der Waals surface area contributed by atoms with Crippen LogP contribution >= 0.6 is 0 Å². The minimum absolute atomic E-state index is 0.114. The first-order valence-corrected chi connectivity index (χ1v) is 5.89. The van der Waals surface area contributed by atoms with Gasteiger partial charge in [-0.25, -0.2) is 0 Å². The lowest BCUT2D eigenvalue weighted by atomic mass is 10.2. The number of amides is 2. The fourth-order valence-electron chi connectivity index (χ4n) is 1.52. The topological polar surface area (TPSA) is 105 Å². The van der Waals surface area contributed by atoms with Crippen LogP contribution in [0.2, 0.25) is 0 Å². The highest BCUT2D eigenvalue weighted by Crippen LogP contribution is 2.27. The van der Waals surface area contributed by atoms with E-state index in [0.717, 1.165) is 0 Å². The number of carboxylic acid groups (broad SMARTS) is 1. The maximum atomic E-state index is 11.5. The molecule has 20 heavy (non-hydrogen) atoms. The van der Waals surface area contributed by atoms with Crippen LogP contribution in [0.1, 0.15) is 19.8 Å². The molecule has 108 valence electrons. The fourth-order valence-corrected chi connectivity index (χ4v) is 1.52. The summed E-state index contributed by atoms with van der Waals surface area (Å²) in [5.41, 5.74) is 0.876. The zero-order valence-corrected chi connectivity index (χ0v) is 11.2. The summed E-state index contributed by atoms with van der Waals surface area (Å²) >= 11 is 0. The van der Waals surface area contributed by atoms with Crippen LogP contribution in [0.4, 0.5) is 11.4 Å². The van der Waals surface area contributed by atoms with Crippen molar-refractivity contribution in [1.82, 2.24) is 0 Å². The molecular weight excluding hydrogens is 264 g/mol. The Labute approximate surface area is 115 Å². The van der Waals surface area contributed by atoms with Gasteiger partial charge in [0.15, 0.2) is 0 Å². The summed E-state index contributed by atoms with van der Waals surface area (Å²) in [6, 6.07) is 4.74. The van der Waals surface area contributed by atoms with Crippen LogP contribution in [0.25, 0.3) is 0 Å². The molecular formula is C13H16N2O5. The minimum Gasteiger partial charge on any atom is -0.495 e. The quantitative estimate of drug-likeness (QED) is 0.731. The second-order valence-electron chi connectivity index (χ2n) is 4.04. The fraction of sp³-hybridized carbons (Fsp3) is 0.308. The number of carboxylic acids is 1. The standard InChI is InChI=1S/C13H16N2O5/c1-8(16)14-10-7-9(3-4-11(10)20-2)15-12(17)5-6-13(18)19/h3-4,7H,5-6H2,1-2H3,(H,14,16)(H,15,17)(H,18,19). The zero-order chi connectivity index (χ0) is 15.1. The second kappa shape index (κ2) is 7.13. The van der Waals surface area contributed by atoms with Crippen molar-refractivity contribution in [1.29, 1.82) is 0 Å². The van der Waals surface area contributed by atoms with Gasteiger partial charge in [0, 0.05) is 19.0 Å². The Hall–Kier alpha value is -2.57. The summed E-state index contributed by atoms with van der Waals surface area (Å²) in [5.74, 6) is -1.25. The monoisotopic (exact) mass is 280 g/mol. The van der Waals surface area contributed by atoms with Crippen LogP contribution in [0.3, 0.4) is 0 Å². The Morgan fingerprint density at radius 1 is 1.20 bits per heavy atom. The third kappa shape index (κ3) is 4.97. The number of carbonyl (C=O) groups is 3. The number of carbonyl (C=O) groups excluding carboxylic acids is 2. The lowest BCUT2D eigenvalue weighted by Crippen LogP contribution is -2.14. The Kier molecular flexibility index (Phi) is 5.52. The van der Waals surface area contributed by atoms with Gasteiger partial charge in [-0.05, 0) is 18.2 Å². The normalized spacial score (nSPS) is 9.70. The number of methoxy groups -OCH3 is 1. The Bertz CT molecular complexity index is 527. The predicted molar refractivity (Wildman–Crippen MR) is 72.8 cm³/mol. The van der Waals surface area contributed by atoms with Crippen molar-refractivity contribution in [3.8, 4) is 5.75 Å². The summed E-state index contributed by atoms with van der Waals surface area (Å²) in [6.45, 7) is 1.36. The van der Waals surface area contributed by atoms with Crippen LogP contribution < -0.4 is 15.4 Å². The van der Waals surface area contributed by atoms with E-state index in [-0.39, 0.29) is 18.7 Å². The van der Waals surface area contributed by atoms with Gasteiger partial charge < -0.3 is 20.5 Å². The Morgan fingerprint density at radius 2 is 1.90 bits per heavy atom. The molecule has 7 heteroatoms. The van der Waals surface area contributed by atoms with Gasteiger partial charge in [0.05, 0.1) is 19.2 Å². The molecule has 1 aromatic rings. The summed E-state index contributed by atoms with van der Waals surface area (Å²) < 4.78 is 5.08. The molecule has 2 amide bonds. The van der Waals surface area contributed by atoms with E-state index in [0.29, 0.717) is 17.1 Å². The second-order valence-corrected chi connectivity index (χ2v) is 4.04. The van der Waals surface area contributed by atoms with E-state index >= 15 is 0 Å². The van der Waals surface area contributed by atoms with Crippen molar-refractivity contribution in [3.63, 3.8) is 0 Å². The van der Waals surface area contributed by atoms with E-state index in [9.17, 15) is 14.4 Å². The lowest BCUT2D eigenvalue weighted by Gasteiger charge is -2.11. The Morgan fingerprint density at radius 3 is 2.45 bits per heavy atom. The molecule has 0 aliphatic heterocycles. The number of anilines is 2. The summed E-state index contributed by atoms with van der Waals surface area (Å²) in [4.78, 5) is 33.0. The Balaban J connectivity index is 2.78. The number of hydrogen-bond donors (Lipinski definition) is 3. The van der Waals surface area contributed by atoms with E-state index < -0.39 is 11.9 Å². The van der Waals surface area contributed by atoms with Gasteiger partial charge in [-0.2, -0.15) is 0 Å². The van der Waals surface area contributed by atoms with Gasteiger partial charge >= 0.3 is 5.97 Å². The highest BCUT2D eigenvalue weighted by molar-refractivity contribution is 5.95. The van der Waals surface area contributed by atoms with Crippen LogP contribution in [0.15, 0.2) is 18.2 Å². The van der Waals surface area contributed by atoms with E-state index in [1.54, 1.807) is 18.2 Å². The van der Waals surface area contributed by atoms with E-state index in [4.69, 9.17) is 9.84 Å². The molecule has 0 aliphatic rings. The van der Waals surface area contributed by atoms with E-state index in [1.807, 2.05) is 0 Å². The molecule has 0 spiro atoms. The largest absolute Gasteiger partial charge is 0.495 e. The van der Waals surface area contributed by atoms with Crippen molar-refractivity contribution in [2.75, 3.05) is 17.7 Å². The smallest absolute Gasteiger partial charge is 0.303 e. The van der Waals surface area contributed by atoms with Gasteiger partial charge in [-0.3, -0.25) is 14.4 Å². The van der Waals surface area contributed by atoms with Crippen molar-refractivity contribution in [2.24, 2.45) is 0 Å². The molecule has 1 rings (SSSR count). The van der Waals surface area contributed by atoms with Crippen LogP contribution in [-0.2, 0) is 14.4 Å². The molecule has 0 saturated carbocycles. The molecule has 0 aliphatic carbocycles. The lowest BCUT2D eigenvalue weighted by molar-refractivity contribution is -0.138. The molecule has 0 radical (unpaired) electrons. The first kappa shape index (κ1) is 15.5. The SMILES string of the molecule is COc1ccc(NC(=O)CCC(=O)O)cc1NC(C)=O. The molecule has 0 fully saturated rings. The van der Waals surface area contributed by atoms with Gasteiger partial charge in [0.25, 0.3) is 0 Å². The van der Waals surface area contributed by atoms with Crippen LogP contribution in [0, 0.1) is 0 Å². The predicted octanol–water partition coefficient (Wildman–Crippen LogP) is 1.46. The molecule has 3 N–H and O–H groups in total. The molecule has 0 unspecified atom stereocenters. The van der Waals surface area contributed by atoms with E-state index in [2.05, 4.69) is 10.6 Å². The molecule has 0 aromatic heterocycles. The number of nitrogens with one attached hydrogen (secondary N) is 2. The minimum atomic E-state index is -1.03.